The number of alkyl halides is 1. The van der Waals surface area contributed by atoms with Crippen LogP contribution in [0.5, 0.6) is 0 Å². The molecule has 0 N–H and O–H groups in total. The normalized spacial score (nSPS) is 30.8. The molecule has 82 valence electrons. The Balaban J connectivity index is 2.37. The van der Waals surface area contributed by atoms with E-state index in [9.17, 15) is 4.39 Å². The molecule has 3 heteroatoms. The number of hydrogen-bond donors (Lipinski definition) is 0. The van der Waals surface area contributed by atoms with Crippen LogP contribution in [-0.2, 0) is 5.41 Å². The van der Waals surface area contributed by atoms with Crippen molar-refractivity contribution in [3.8, 4) is 0 Å². The van der Waals surface area contributed by atoms with Gasteiger partial charge in [0.05, 0.1) is 0 Å². The molecule has 1 aliphatic carbocycles. The second kappa shape index (κ2) is 4.06. The van der Waals surface area contributed by atoms with Crippen LogP contribution in [0.2, 0.25) is 5.02 Å². The van der Waals surface area contributed by atoms with Crippen LogP contribution in [0.1, 0.15) is 31.7 Å². The minimum absolute atomic E-state index is 0.0389. The maximum atomic E-state index is 13.8. The Bertz CT molecular complexity index is 380. The molecule has 15 heavy (non-hydrogen) atoms. The summed E-state index contributed by atoms with van der Waals surface area (Å²) >= 11 is 9.35. The van der Waals surface area contributed by atoms with Crippen LogP contribution in [0, 0.1) is 5.82 Å². The molecular formula is C12H13BrClF. The molecule has 1 aliphatic rings. The van der Waals surface area contributed by atoms with E-state index in [1.165, 1.54) is 6.07 Å². The average Bonchev–Trinajstić information content (AvgIpc) is 2.46. The molecule has 0 radical (unpaired) electrons. The standard InChI is InChI=1S/C12H13BrClF/c1-12(5-4-8(13)7-12)10-3-2-9(14)6-11(10)15/h2-3,6,8H,4-5,7H2,1H3. The molecule has 0 aromatic heterocycles. The first kappa shape index (κ1) is 11.4. The fraction of sp³-hybridized carbons (Fsp3) is 0.500. The van der Waals surface area contributed by atoms with E-state index in [0.29, 0.717) is 9.85 Å². The van der Waals surface area contributed by atoms with E-state index >= 15 is 0 Å². The Labute approximate surface area is 103 Å². The van der Waals surface area contributed by atoms with Crippen molar-refractivity contribution in [3.05, 3.63) is 34.6 Å². The fourth-order valence-electron chi connectivity index (χ4n) is 2.39. The quantitative estimate of drug-likeness (QED) is 0.659. The summed E-state index contributed by atoms with van der Waals surface area (Å²) in [5, 5.41) is 0.466. The summed E-state index contributed by atoms with van der Waals surface area (Å²) in [7, 11) is 0. The molecule has 2 unspecified atom stereocenters. The van der Waals surface area contributed by atoms with E-state index in [1.807, 2.05) is 6.07 Å². The van der Waals surface area contributed by atoms with Gasteiger partial charge in [-0.05, 0) is 42.4 Å². The first-order valence-electron chi connectivity index (χ1n) is 5.11. The number of halogens is 3. The Kier molecular flexibility index (Phi) is 3.09. The monoisotopic (exact) mass is 290 g/mol. The van der Waals surface area contributed by atoms with Gasteiger partial charge in [-0.1, -0.05) is 40.5 Å². The van der Waals surface area contributed by atoms with Gasteiger partial charge in [-0.2, -0.15) is 0 Å². The first-order valence-corrected chi connectivity index (χ1v) is 6.40. The van der Waals surface area contributed by atoms with E-state index in [-0.39, 0.29) is 11.2 Å². The highest BCUT2D eigenvalue weighted by Crippen LogP contribution is 2.44. The summed E-state index contributed by atoms with van der Waals surface area (Å²) in [4.78, 5) is 0.512. The smallest absolute Gasteiger partial charge is 0.128 e. The summed E-state index contributed by atoms with van der Waals surface area (Å²) in [6.07, 6.45) is 3.13. The van der Waals surface area contributed by atoms with Gasteiger partial charge in [-0.25, -0.2) is 4.39 Å². The summed E-state index contributed by atoms with van der Waals surface area (Å²) in [6, 6.07) is 5.00. The van der Waals surface area contributed by atoms with E-state index in [4.69, 9.17) is 11.6 Å². The summed E-state index contributed by atoms with van der Waals surface area (Å²) < 4.78 is 13.8. The first-order chi connectivity index (χ1) is 7.01. The minimum atomic E-state index is -0.174. The lowest BCUT2D eigenvalue weighted by Gasteiger charge is -2.25. The van der Waals surface area contributed by atoms with E-state index in [1.54, 1.807) is 6.07 Å². The van der Waals surface area contributed by atoms with E-state index < -0.39 is 0 Å². The minimum Gasteiger partial charge on any atom is -0.207 e. The van der Waals surface area contributed by atoms with Gasteiger partial charge in [0.25, 0.3) is 0 Å². The molecule has 0 amide bonds. The summed E-state index contributed by atoms with van der Waals surface area (Å²) in [6.45, 7) is 2.13. The maximum Gasteiger partial charge on any atom is 0.128 e. The molecular weight excluding hydrogens is 278 g/mol. The van der Waals surface area contributed by atoms with E-state index in [2.05, 4.69) is 22.9 Å². The SMILES string of the molecule is CC1(c2ccc(Cl)cc2F)CCC(Br)C1. The highest BCUT2D eigenvalue weighted by molar-refractivity contribution is 9.09. The third-order valence-electron chi connectivity index (χ3n) is 3.26. The zero-order valence-corrected chi connectivity index (χ0v) is 10.9. The third-order valence-corrected chi connectivity index (χ3v) is 4.28. The molecule has 1 aromatic rings. The van der Waals surface area contributed by atoms with E-state index in [0.717, 1.165) is 24.8 Å². The molecule has 1 saturated carbocycles. The van der Waals surface area contributed by atoms with Crippen molar-refractivity contribution in [2.45, 2.75) is 36.4 Å². The number of rotatable bonds is 1. The largest absolute Gasteiger partial charge is 0.207 e. The fourth-order valence-corrected chi connectivity index (χ4v) is 3.49. The molecule has 0 aliphatic heterocycles. The molecule has 0 bridgehead atoms. The Morgan fingerprint density at radius 3 is 2.80 bits per heavy atom. The summed E-state index contributed by atoms with van der Waals surface area (Å²) in [5.74, 6) is -0.174. The lowest BCUT2D eigenvalue weighted by atomic mass is 9.81. The second-order valence-corrected chi connectivity index (χ2v) is 6.26. The molecule has 0 spiro atoms. The van der Waals surface area contributed by atoms with Gasteiger partial charge in [0.1, 0.15) is 5.82 Å². The predicted octanol–water partition coefficient (Wildman–Crippen LogP) is 4.68. The van der Waals surface area contributed by atoms with Crippen molar-refractivity contribution in [2.24, 2.45) is 0 Å². The Morgan fingerprint density at radius 1 is 1.53 bits per heavy atom. The van der Waals surface area contributed by atoms with Gasteiger partial charge in [0, 0.05) is 9.85 Å². The highest BCUT2D eigenvalue weighted by Gasteiger charge is 2.37. The van der Waals surface area contributed by atoms with Gasteiger partial charge in [0.15, 0.2) is 0 Å². The van der Waals surface area contributed by atoms with Crippen molar-refractivity contribution < 1.29 is 4.39 Å². The lowest BCUT2D eigenvalue weighted by Crippen LogP contribution is -2.19. The number of benzene rings is 1. The molecule has 1 aromatic carbocycles. The van der Waals surface area contributed by atoms with Crippen LogP contribution < -0.4 is 0 Å². The van der Waals surface area contributed by atoms with Gasteiger partial charge in [-0.3, -0.25) is 0 Å². The molecule has 1 fully saturated rings. The Morgan fingerprint density at radius 2 is 2.27 bits per heavy atom. The molecule has 0 saturated heterocycles. The lowest BCUT2D eigenvalue weighted by molar-refractivity contribution is 0.458. The van der Waals surface area contributed by atoms with Gasteiger partial charge >= 0.3 is 0 Å². The van der Waals surface area contributed by atoms with Crippen molar-refractivity contribution in [2.75, 3.05) is 0 Å². The van der Waals surface area contributed by atoms with Crippen LogP contribution in [-0.4, -0.2) is 4.83 Å². The molecule has 0 nitrogen and oxygen atoms in total. The highest BCUT2D eigenvalue weighted by atomic mass is 79.9. The van der Waals surface area contributed by atoms with Crippen LogP contribution in [0.25, 0.3) is 0 Å². The zero-order chi connectivity index (χ0) is 11.1. The average molecular weight is 292 g/mol. The van der Waals surface area contributed by atoms with Crippen LogP contribution in [0.4, 0.5) is 4.39 Å². The second-order valence-electron chi connectivity index (χ2n) is 4.52. The molecule has 2 rings (SSSR count). The maximum absolute atomic E-state index is 13.8. The van der Waals surface area contributed by atoms with Crippen LogP contribution in [0.15, 0.2) is 18.2 Å². The van der Waals surface area contributed by atoms with Crippen molar-refractivity contribution >= 4 is 27.5 Å². The Hall–Kier alpha value is -0.0800. The predicted molar refractivity (Wildman–Crippen MR) is 65.3 cm³/mol. The number of hydrogen-bond acceptors (Lipinski definition) is 0. The van der Waals surface area contributed by atoms with Crippen molar-refractivity contribution in [1.82, 2.24) is 0 Å². The zero-order valence-electron chi connectivity index (χ0n) is 8.56. The van der Waals surface area contributed by atoms with Gasteiger partial charge < -0.3 is 0 Å². The van der Waals surface area contributed by atoms with Gasteiger partial charge in [0.2, 0.25) is 0 Å². The van der Waals surface area contributed by atoms with Gasteiger partial charge in [-0.15, -0.1) is 0 Å². The van der Waals surface area contributed by atoms with Crippen molar-refractivity contribution in [3.63, 3.8) is 0 Å². The molecule has 2 atom stereocenters. The van der Waals surface area contributed by atoms with Crippen LogP contribution in [0.3, 0.4) is 0 Å². The summed E-state index contributed by atoms with van der Waals surface area (Å²) in [5.41, 5.74) is 0.761. The third kappa shape index (κ3) is 2.21. The molecule has 0 heterocycles. The topological polar surface area (TPSA) is 0 Å². The van der Waals surface area contributed by atoms with Crippen molar-refractivity contribution in [1.29, 1.82) is 0 Å². The van der Waals surface area contributed by atoms with Crippen LogP contribution >= 0.6 is 27.5 Å².